The predicted molar refractivity (Wildman–Crippen MR) is 93.9 cm³/mol. The summed E-state index contributed by atoms with van der Waals surface area (Å²) in [6, 6.07) is 16.8. The van der Waals surface area contributed by atoms with Gasteiger partial charge < -0.3 is 14.6 Å². The fraction of sp³-hybridized carbons (Fsp3) is 0. The molecular weight excluding hydrogens is 372 g/mol. The molecule has 0 saturated carbocycles. The lowest BCUT2D eigenvalue weighted by atomic mass is 10.1. The molecule has 0 amide bonds. The van der Waals surface area contributed by atoms with Crippen LogP contribution in [0.25, 0.3) is 33.6 Å². The summed E-state index contributed by atoms with van der Waals surface area (Å²) in [5.74, 6) is -0.841. The Labute approximate surface area is 145 Å². The molecule has 4 rings (SSSR count). The van der Waals surface area contributed by atoms with Crippen molar-refractivity contribution in [1.29, 1.82) is 0 Å². The number of nitrogens with zero attached hydrogens (tertiary/aromatic N) is 1. The van der Waals surface area contributed by atoms with Gasteiger partial charge in [-0.3, -0.25) is 0 Å². The zero-order valence-corrected chi connectivity index (χ0v) is 13.9. The van der Waals surface area contributed by atoms with E-state index in [1.165, 1.54) is 0 Å². The zero-order chi connectivity index (χ0) is 16.7. The molecule has 0 bridgehead atoms. The average molecular weight is 383 g/mol. The standard InChI is InChI=1S/C18H11BrN2O3/c19-12-7-5-10(6-8-12)17-15(18(22)23)16(21-24-17)14-9-11-3-1-2-4-13(11)20-14/h1-9,20H,(H,22,23). The maximum atomic E-state index is 11.8. The smallest absolute Gasteiger partial charge is 0.342 e. The maximum Gasteiger partial charge on any atom is 0.342 e. The van der Waals surface area contributed by atoms with Crippen LogP contribution in [-0.4, -0.2) is 21.2 Å². The largest absolute Gasteiger partial charge is 0.477 e. The molecule has 2 aromatic carbocycles. The highest BCUT2D eigenvalue weighted by Crippen LogP contribution is 2.33. The van der Waals surface area contributed by atoms with Crippen LogP contribution in [0.2, 0.25) is 0 Å². The molecule has 2 aromatic heterocycles. The number of H-pyrrole nitrogens is 1. The Hall–Kier alpha value is -2.86. The van der Waals surface area contributed by atoms with E-state index >= 15 is 0 Å². The van der Waals surface area contributed by atoms with Gasteiger partial charge in [-0.15, -0.1) is 0 Å². The van der Waals surface area contributed by atoms with Crippen molar-refractivity contribution < 1.29 is 14.4 Å². The third-order valence-electron chi connectivity index (χ3n) is 3.80. The topological polar surface area (TPSA) is 79.1 Å². The Bertz CT molecular complexity index is 1010. The lowest BCUT2D eigenvalue weighted by Gasteiger charge is -1.99. The molecule has 6 heteroatoms. The van der Waals surface area contributed by atoms with Gasteiger partial charge in [0, 0.05) is 20.9 Å². The number of aromatic carboxylic acids is 1. The minimum absolute atomic E-state index is 0.0453. The molecule has 0 aliphatic carbocycles. The average Bonchev–Trinajstić information content (AvgIpc) is 3.19. The number of hydrogen-bond acceptors (Lipinski definition) is 3. The zero-order valence-electron chi connectivity index (χ0n) is 12.3. The van der Waals surface area contributed by atoms with Crippen LogP contribution < -0.4 is 0 Å². The van der Waals surface area contributed by atoms with Crippen molar-refractivity contribution in [3.05, 3.63) is 64.6 Å². The molecule has 0 unspecified atom stereocenters. The number of carboxylic acid groups (broad SMARTS) is 1. The van der Waals surface area contributed by atoms with Crippen molar-refractivity contribution in [2.24, 2.45) is 0 Å². The second-order valence-corrected chi connectivity index (χ2v) is 6.23. The van der Waals surface area contributed by atoms with Gasteiger partial charge in [0.1, 0.15) is 11.3 Å². The normalized spacial score (nSPS) is 11.0. The van der Waals surface area contributed by atoms with E-state index in [2.05, 4.69) is 26.1 Å². The molecule has 2 heterocycles. The lowest BCUT2D eigenvalue weighted by molar-refractivity contribution is 0.0698. The number of benzene rings is 2. The first-order valence-electron chi connectivity index (χ1n) is 7.20. The molecule has 0 aliphatic rings. The number of nitrogens with one attached hydrogen (secondary N) is 1. The molecule has 2 N–H and O–H groups in total. The molecule has 0 saturated heterocycles. The van der Waals surface area contributed by atoms with E-state index in [1.807, 2.05) is 42.5 Å². The van der Waals surface area contributed by atoms with Crippen LogP contribution in [0.5, 0.6) is 0 Å². The van der Waals surface area contributed by atoms with E-state index in [0.29, 0.717) is 11.3 Å². The second kappa shape index (κ2) is 5.65. The molecule has 0 fully saturated rings. The summed E-state index contributed by atoms with van der Waals surface area (Å²) in [5, 5.41) is 14.7. The Kier molecular flexibility index (Phi) is 3.46. The van der Waals surface area contributed by atoms with Gasteiger partial charge >= 0.3 is 5.97 Å². The van der Waals surface area contributed by atoms with Crippen LogP contribution in [0.3, 0.4) is 0 Å². The molecule has 0 spiro atoms. The monoisotopic (exact) mass is 382 g/mol. The van der Waals surface area contributed by atoms with Crippen molar-refractivity contribution in [2.75, 3.05) is 0 Å². The molecule has 5 nitrogen and oxygen atoms in total. The van der Waals surface area contributed by atoms with Crippen LogP contribution >= 0.6 is 15.9 Å². The number of fused-ring (bicyclic) bond motifs is 1. The van der Waals surface area contributed by atoms with Gasteiger partial charge in [0.2, 0.25) is 0 Å². The van der Waals surface area contributed by atoms with E-state index in [9.17, 15) is 9.90 Å². The Balaban J connectivity index is 1.90. The van der Waals surface area contributed by atoms with Crippen LogP contribution in [-0.2, 0) is 0 Å². The molecule has 0 aliphatic heterocycles. The maximum absolute atomic E-state index is 11.8. The molecule has 24 heavy (non-hydrogen) atoms. The number of carbonyl (C=O) groups is 1. The first-order chi connectivity index (χ1) is 11.6. The second-order valence-electron chi connectivity index (χ2n) is 5.32. The fourth-order valence-electron chi connectivity index (χ4n) is 2.67. The minimum atomic E-state index is -1.08. The van der Waals surface area contributed by atoms with E-state index in [4.69, 9.17) is 4.52 Å². The van der Waals surface area contributed by atoms with Crippen molar-refractivity contribution in [3.63, 3.8) is 0 Å². The number of aromatic amines is 1. The first-order valence-corrected chi connectivity index (χ1v) is 8.00. The summed E-state index contributed by atoms with van der Waals surface area (Å²) < 4.78 is 6.27. The van der Waals surface area contributed by atoms with Crippen molar-refractivity contribution in [2.45, 2.75) is 0 Å². The van der Waals surface area contributed by atoms with Gasteiger partial charge in [-0.05, 0) is 36.4 Å². The third-order valence-corrected chi connectivity index (χ3v) is 4.33. The fourth-order valence-corrected chi connectivity index (χ4v) is 2.94. The summed E-state index contributed by atoms with van der Waals surface area (Å²) in [7, 11) is 0. The van der Waals surface area contributed by atoms with Crippen molar-refractivity contribution in [3.8, 4) is 22.7 Å². The van der Waals surface area contributed by atoms with E-state index < -0.39 is 5.97 Å². The number of para-hydroxylation sites is 1. The van der Waals surface area contributed by atoms with Gasteiger partial charge in [0.15, 0.2) is 5.76 Å². The Morgan fingerprint density at radius 2 is 1.88 bits per heavy atom. The molecule has 0 radical (unpaired) electrons. The van der Waals surface area contributed by atoms with E-state index in [-0.39, 0.29) is 17.0 Å². The summed E-state index contributed by atoms with van der Waals surface area (Å²) >= 11 is 3.36. The van der Waals surface area contributed by atoms with Crippen molar-refractivity contribution >= 4 is 32.8 Å². The molecule has 118 valence electrons. The third kappa shape index (κ3) is 2.41. The lowest BCUT2D eigenvalue weighted by Crippen LogP contribution is -1.99. The number of hydrogen-bond donors (Lipinski definition) is 2. The van der Waals surface area contributed by atoms with Gasteiger partial charge in [0.25, 0.3) is 0 Å². The predicted octanol–water partition coefficient (Wildman–Crippen LogP) is 4.95. The summed E-state index contributed by atoms with van der Waals surface area (Å²) in [6.07, 6.45) is 0. The van der Waals surface area contributed by atoms with Gasteiger partial charge in [-0.2, -0.15) is 0 Å². The Morgan fingerprint density at radius 3 is 2.58 bits per heavy atom. The molecular formula is C18H11BrN2O3. The summed E-state index contributed by atoms with van der Waals surface area (Å²) in [6.45, 7) is 0. The van der Waals surface area contributed by atoms with Crippen LogP contribution in [0.15, 0.2) is 63.6 Å². The number of carboxylic acids is 1. The van der Waals surface area contributed by atoms with Crippen molar-refractivity contribution in [1.82, 2.24) is 10.1 Å². The molecule has 0 atom stereocenters. The van der Waals surface area contributed by atoms with Crippen LogP contribution in [0.4, 0.5) is 0 Å². The molecule has 4 aromatic rings. The SMILES string of the molecule is O=C(O)c1c(-c2cc3ccccc3[nH]2)noc1-c1ccc(Br)cc1. The highest BCUT2D eigenvalue weighted by molar-refractivity contribution is 9.10. The highest BCUT2D eigenvalue weighted by atomic mass is 79.9. The van der Waals surface area contributed by atoms with Crippen LogP contribution in [0.1, 0.15) is 10.4 Å². The van der Waals surface area contributed by atoms with E-state index in [0.717, 1.165) is 15.4 Å². The summed E-state index contributed by atoms with van der Waals surface area (Å²) in [5.41, 5.74) is 2.52. The van der Waals surface area contributed by atoms with Gasteiger partial charge in [0.05, 0.1) is 5.69 Å². The van der Waals surface area contributed by atoms with Crippen LogP contribution in [0, 0.1) is 0 Å². The van der Waals surface area contributed by atoms with Gasteiger partial charge in [-0.25, -0.2) is 4.79 Å². The number of rotatable bonds is 3. The highest BCUT2D eigenvalue weighted by Gasteiger charge is 2.25. The number of aromatic nitrogens is 2. The number of halogens is 1. The summed E-state index contributed by atoms with van der Waals surface area (Å²) in [4.78, 5) is 15.0. The minimum Gasteiger partial charge on any atom is -0.477 e. The van der Waals surface area contributed by atoms with E-state index in [1.54, 1.807) is 12.1 Å². The first kappa shape index (κ1) is 14.7. The Morgan fingerprint density at radius 1 is 1.12 bits per heavy atom. The van der Waals surface area contributed by atoms with Gasteiger partial charge in [-0.1, -0.05) is 39.3 Å². The quantitative estimate of drug-likeness (QED) is 0.525.